The quantitative estimate of drug-likeness (QED) is 0.0961. The number of β-amino-alcohol motifs (C(OH)–C–C–N with tert-alkyl or cyclic N) is 1. The number of amides is 2. The number of thiazole rings is 1. The number of fused-ring (bicyclic) bond motifs is 1. The van der Waals surface area contributed by atoms with Gasteiger partial charge in [0.2, 0.25) is 11.8 Å². The molecule has 348 valence electrons. The molecule has 0 bridgehead atoms. The summed E-state index contributed by atoms with van der Waals surface area (Å²) in [5.74, 6) is -0.00172. The van der Waals surface area contributed by atoms with Crippen LogP contribution in [0.15, 0.2) is 70.7 Å². The first kappa shape index (κ1) is 45.9. The number of aromatic nitrogens is 4. The molecule has 4 aromatic heterocycles. The first-order chi connectivity index (χ1) is 31.9. The monoisotopic (exact) mass is 932 g/mol. The van der Waals surface area contributed by atoms with Gasteiger partial charge in [0, 0.05) is 47.4 Å². The Morgan fingerprint density at radius 3 is 2.44 bits per heavy atom. The van der Waals surface area contributed by atoms with Gasteiger partial charge >= 0.3 is 0 Å². The van der Waals surface area contributed by atoms with E-state index in [4.69, 9.17) is 9.26 Å². The number of carbonyl (C=O) groups is 2. The van der Waals surface area contributed by atoms with Crippen LogP contribution in [-0.2, 0) is 9.59 Å². The van der Waals surface area contributed by atoms with Crippen molar-refractivity contribution in [3.05, 3.63) is 93.6 Å². The van der Waals surface area contributed by atoms with Crippen LogP contribution in [0.5, 0.6) is 11.6 Å². The minimum atomic E-state index is -0.815. The van der Waals surface area contributed by atoms with Crippen molar-refractivity contribution in [3.8, 4) is 33.3 Å². The number of hydrogen-bond donors (Lipinski definition) is 3. The van der Waals surface area contributed by atoms with Gasteiger partial charge in [0.05, 0.1) is 33.9 Å². The molecule has 6 aromatic rings. The third-order valence-electron chi connectivity index (χ3n) is 13.9. The van der Waals surface area contributed by atoms with Crippen LogP contribution >= 0.6 is 22.7 Å². The maximum atomic E-state index is 14.2. The van der Waals surface area contributed by atoms with Crippen molar-refractivity contribution >= 4 is 44.7 Å². The van der Waals surface area contributed by atoms with Gasteiger partial charge in [-0.05, 0) is 125 Å². The molecule has 9 rings (SSSR count). The highest BCUT2D eigenvalue weighted by atomic mass is 32.1. The number of carbonyl (C=O) groups excluding carboxylic acids is 2. The average molecular weight is 933 g/mol. The summed E-state index contributed by atoms with van der Waals surface area (Å²) in [5.41, 5.74) is 7.52. The van der Waals surface area contributed by atoms with Crippen LogP contribution in [0.1, 0.15) is 98.2 Å². The Morgan fingerprint density at radius 2 is 1.73 bits per heavy atom. The molecule has 3 saturated heterocycles. The lowest BCUT2D eigenvalue weighted by Gasteiger charge is -2.41. The van der Waals surface area contributed by atoms with Crippen LogP contribution in [0.3, 0.4) is 0 Å². The van der Waals surface area contributed by atoms with E-state index in [0.29, 0.717) is 41.5 Å². The first-order valence-electron chi connectivity index (χ1n) is 23.3. The molecule has 3 aliphatic rings. The number of nitrogens with zero attached hydrogens (tertiary/aromatic N) is 7. The van der Waals surface area contributed by atoms with Gasteiger partial charge in [0.1, 0.15) is 29.1 Å². The third-order valence-corrected chi connectivity index (χ3v) is 16.3. The van der Waals surface area contributed by atoms with Crippen molar-refractivity contribution < 1.29 is 29.1 Å². The molecule has 3 N–H and O–H groups in total. The summed E-state index contributed by atoms with van der Waals surface area (Å²) in [7, 11) is 0. The van der Waals surface area contributed by atoms with Gasteiger partial charge in [-0.25, -0.2) is 4.98 Å². The molecule has 0 spiro atoms. The number of aromatic hydroxyl groups is 1. The maximum absolute atomic E-state index is 14.2. The molecule has 16 heteroatoms. The standard InChI is InChI=1S/C50H60N8O6S2/c1-29(2)45(50(62)58-27-37(59)24-41(58)48(61)52-31(4)33-10-12-34(13-11-33)47-32(5)51-28-65-47)43-26-44(55-64-43)63-23-22-56-18-16-36(17-19-56)57-20-14-35(15-21-57)46-30(3)39-25-40(53-54-49(39)66-46)38-8-6-7-9-42(38)60/h6-13,25-26,28-29,31,35-37,41,45,59-60H,14-24,27H2,1-5H3,(H,52,61)/t31-,37+,41-,45+/m0/s1. The van der Waals surface area contributed by atoms with Crippen LogP contribution in [0.2, 0.25) is 0 Å². The number of nitrogens with one attached hydrogen (secondary N) is 1. The average Bonchev–Trinajstić information content (AvgIpc) is 4.13. The highest BCUT2D eigenvalue weighted by Crippen LogP contribution is 2.41. The van der Waals surface area contributed by atoms with E-state index in [1.807, 2.05) is 75.7 Å². The van der Waals surface area contributed by atoms with E-state index in [9.17, 15) is 19.8 Å². The minimum absolute atomic E-state index is 0.0661. The molecule has 7 heterocycles. The van der Waals surface area contributed by atoms with Gasteiger partial charge in [-0.1, -0.05) is 50.2 Å². The number of rotatable bonds is 14. The number of benzene rings is 2. The summed E-state index contributed by atoms with van der Waals surface area (Å²) in [6.45, 7) is 15.5. The number of hydrogen-bond acceptors (Lipinski definition) is 14. The Bertz CT molecular complexity index is 2630. The fraction of sp³-hybridized carbons (Fsp3) is 0.480. The Balaban J connectivity index is 0.730. The van der Waals surface area contributed by atoms with Gasteiger partial charge < -0.3 is 34.6 Å². The smallest absolute Gasteiger partial charge is 0.254 e. The summed E-state index contributed by atoms with van der Waals surface area (Å²) in [4.78, 5) is 42.4. The van der Waals surface area contributed by atoms with Gasteiger partial charge in [0.15, 0.2) is 5.76 Å². The lowest BCUT2D eigenvalue weighted by Crippen LogP contribution is -2.48. The molecule has 66 heavy (non-hydrogen) atoms. The number of phenolic OH excluding ortho intramolecular Hbond substituents is 1. The molecule has 2 aromatic carbocycles. The zero-order chi connectivity index (χ0) is 46.1. The van der Waals surface area contributed by atoms with E-state index in [2.05, 4.69) is 48.4 Å². The molecular formula is C50H60N8O6S2. The number of para-hydroxylation sites is 1. The lowest BCUT2D eigenvalue weighted by atomic mass is 9.90. The number of piperidine rings is 2. The van der Waals surface area contributed by atoms with Gasteiger partial charge in [-0.3, -0.25) is 14.5 Å². The Hall–Kier alpha value is -5.26. The molecule has 0 saturated carbocycles. The molecule has 3 aliphatic heterocycles. The molecule has 2 amide bonds. The largest absolute Gasteiger partial charge is 0.507 e. The summed E-state index contributed by atoms with van der Waals surface area (Å²) in [6.07, 6.45) is 3.84. The summed E-state index contributed by atoms with van der Waals surface area (Å²) < 4.78 is 11.8. The Kier molecular flexibility index (Phi) is 13.8. The van der Waals surface area contributed by atoms with Crippen molar-refractivity contribution in [1.82, 2.24) is 40.4 Å². The summed E-state index contributed by atoms with van der Waals surface area (Å²) >= 11 is 3.37. The van der Waals surface area contributed by atoms with Crippen molar-refractivity contribution in [1.29, 1.82) is 0 Å². The minimum Gasteiger partial charge on any atom is -0.507 e. The third kappa shape index (κ3) is 9.75. The van der Waals surface area contributed by atoms with E-state index < -0.39 is 18.1 Å². The second kappa shape index (κ2) is 19.9. The van der Waals surface area contributed by atoms with Crippen LogP contribution in [0, 0.1) is 19.8 Å². The fourth-order valence-corrected chi connectivity index (χ4v) is 12.3. The number of aryl methyl sites for hydroxylation is 2. The number of thiophene rings is 1. The van der Waals surface area contributed by atoms with E-state index in [1.54, 1.807) is 34.8 Å². The van der Waals surface area contributed by atoms with Crippen molar-refractivity contribution in [2.75, 3.05) is 45.9 Å². The topological polar surface area (TPSA) is 170 Å². The number of likely N-dealkylation sites (tertiary alicyclic amines) is 3. The molecule has 3 fully saturated rings. The molecule has 0 radical (unpaired) electrons. The first-order valence-corrected chi connectivity index (χ1v) is 25.0. The van der Waals surface area contributed by atoms with Crippen molar-refractivity contribution in [2.24, 2.45) is 5.92 Å². The van der Waals surface area contributed by atoms with E-state index >= 15 is 0 Å². The highest BCUT2D eigenvalue weighted by Gasteiger charge is 2.43. The van der Waals surface area contributed by atoms with Gasteiger partial charge in [-0.15, -0.1) is 32.9 Å². The molecule has 14 nitrogen and oxygen atoms in total. The second-order valence-corrected chi connectivity index (χ2v) is 20.5. The van der Waals surface area contributed by atoms with Crippen LogP contribution in [0.25, 0.3) is 31.9 Å². The van der Waals surface area contributed by atoms with Gasteiger partial charge in [0.25, 0.3) is 5.88 Å². The van der Waals surface area contributed by atoms with Crippen molar-refractivity contribution in [2.45, 2.75) is 103 Å². The van der Waals surface area contributed by atoms with Gasteiger partial charge in [-0.2, -0.15) is 0 Å². The molecule has 0 unspecified atom stereocenters. The van der Waals surface area contributed by atoms with E-state index in [1.165, 1.54) is 15.3 Å². The summed E-state index contributed by atoms with van der Waals surface area (Å²) in [6, 6.07) is 18.6. The number of aliphatic hydroxyl groups is 1. The Morgan fingerprint density at radius 1 is 0.970 bits per heavy atom. The Labute approximate surface area is 394 Å². The maximum Gasteiger partial charge on any atom is 0.254 e. The van der Waals surface area contributed by atoms with Crippen molar-refractivity contribution in [3.63, 3.8) is 0 Å². The molecular weight excluding hydrogens is 873 g/mol. The second-order valence-electron chi connectivity index (χ2n) is 18.6. The molecule has 0 aliphatic carbocycles. The lowest BCUT2D eigenvalue weighted by molar-refractivity contribution is -0.141. The summed E-state index contributed by atoms with van der Waals surface area (Å²) in [5, 5.41) is 38.5. The fourth-order valence-electron chi connectivity index (χ4n) is 10.2. The van der Waals surface area contributed by atoms with E-state index in [0.717, 1.165) is 90.3 Å². The highest BCUT2D eigenvalue weighted by molar-refractivity contribution is 7.19. The van der Waals surface area contributed by atoms with Crippen LogP contribution in [0.4, 0.5) is 0 Å². The number of phenols is 1. The number of aliphatic hydroxyl groups excluding tert-OH is 1. The normalized spacial score (nSPS) is 20.0. The van der Waals surface area contributed by atoms with Crippen LogP contribution < -0.4 is 10.1 Å². The zero-order valence-electron chi connectivity index (χ0n) is 38.4. The predicted molar refractivity (Wildman–Crippen MR) is 257 cm³/mol. The zero-order valence-corrected chi connectivity index (χ0v) is 40.0. The van der Waals surface area contributed by atoms with E-state index in [-0.39, 0.29) is 42.5 Å². The number of ether oxygens (including phenoxy) is 1. The predicted octanol–water partition coefficient (Wildman–Crippen LogP) is 8.09. The van der Waals surface area contributed by atoms with Crippen LogP contribution in [-0.4, -0.2) is 121 Å². The molecule has 4 atom stereocenters. The SMILES string of the molecule is Cc1ncsc1-c1ccc([C@H](C)NC(=O)[C@@H]2C[C@@H](O)CN2C(=O)[C@@H](c2cc(OCCN3CCC(N4CCC(c5sc6nnc(-c7ccccc7O)cc6c5C)CC4)CC3)no2)C(C)C)cc1.